The number of benzene rings is 2. The van der Waals surface area contributed by atoms with Crippen LogP contribution in [0.2, 0.25) is 0 Å². The average Bonchev–Trinajstić information content (AvgIpc) is 2.61. The molecule has 2 aromatic carbocycles. The lowest BCUT2D eigenvalue weighted by Gasteiger charge is -2.17. The highest BCUT2D eigenvalue weighted by Gasteiger charge is 2.24. The van der Waals surface area contributed by atoms with Gasteiger partial charge in [-0.05, 0) is 37.6 Å². The monoisotopic (exact) mass is 410 g/mol. The lowest BCUT2D eigenvalue weighted by atomic mass is 10.0. The molecule has 0 aliphatic carbocycles. The van der Waals surface area contributed by atoms with E-state index in [1.54, 1.807) is 0 Å². The van der Waals surface area contributed by atoms with Gasteiger partial charge in [0, 0.05) is 5.56 Å². The molecule has 0 radical (unpaired) electrons. The Bertz CT molecular complexity index is 955. The number of hydrogen-bond donors (Lipinski definition) is 2. The Hall–Kier alpha value is -2.45. The molecule has 28 heavy (non-hydrogen) atoms. The fraction of sp³-hybridized carbons (Fsp3) is 0.350. The Labute approximate surface area is 163 Å². The number of carbonyl (C=O) groups excluding carboxylic acids is 1. The largest absolute Gasteiger partial charge is 0.507 e. The molecule has 0 fully saturated rings. The van der Waals surface area contributed by atoms with Crippen LogP contribution < -0.4 is 4.74 Å². The van der Waals surface area contributed by atoms with Crippen LogP contribution in [0.3, 0.4) is 0 Å². The number of halogens is 1. The van der Waals surface area contributed by atoms with Crippen LogP contribution in [0.15, 0.2) is 41.3 Å². The first-order chi connectivity index (χ1) is 13.2. The minimum atomic E-state index is -4.04. The first-order valence-electron chi connectivity index (χ1n) is 8.81. The van der Waals surface area contributed by atoms with Gasteiger partial charge in [-0.1, -0.05) is 25.5 Å². The number of ether oxygens (including phenoxy) is 1. The van der Waals surface area contributed by atoms with Crippen LogP contribution in [0.1, 0.15) is 36.2 Å². The van der Waals surface area contributed by atoms with E-state index in [1.807, 2.05) is 6.92 Å². The number of sulfone groups is 1. The van der Waals surface area contributed by atoms with Crippen molar-refractivity contribution in [3.63, 3.8) is 0 Å². The third-order valence-electron chi connectivity index (χ3n) is 4.13. The van der Waals surface area contributed by atoms with Gasteiger partial charge in [-0.25, -0.2) is 12.8 Å². The third kappa shape index (κ3) is 5.08. The minimum Gasteiger partial charge on any atom is -0.507 e. The highest BCUT2D eigenvalue weighted by Crippen LogP contribution is 2.33. The van der Waals surface area contributed by atoms with Crippen molar-refractivity contribution in [1.29, 1.82) is 0 Å². The molecule has 1 unspecified atom stereocenters. The Kier molecular flexibility index (Phi) is 7.15. The number of phenolic OH excluding ortho intramolecular Hbond substituents is 1. The highest BCUT2D eigenvalue weighted by atomic mass is 32.2. The molecule has 152 valence electrons. The quantitative estimate of drug-likeness (QED) is 0.617. The number of aliphatic hydroxyl groups excluding tert-OH is 1. The maximum absolute atomic E-state index is 13.7. The third-order valence-corrected chi connectivity index (χ3v) is 5.96. The zero-order valence-electron chi connectivity index (χ0n) is 15.7. The highest BCUT2D eigenvalue weighted by molar-refractivity contribution is 7.91. The van der Waals surface area contributed by atoms with Crippen LogP contribution in [-0.2, 0) is 16.3 Å². The Morgan fingerprint density at radius 2 is 1.89 bits per heavy atom. The molecular formula is C20H23FO6S. The van der Waals surface area contributed by atoms with Gasteiger partial charge >= 0.3 is 0 Å². The fourth-order valence-electron chi connectivity index (χ4n) is 2.80. The number of carbonyl (C=O) groups is 1. The Morgan fingerprint density at radius 1 is 1.21 bits per heavy atom. The maximum atomic E-state index is 13.7. The number of aliphatic hydroxyl groups is 1. The zero-order chi connectivity index (χ0) is 20.9. The van der Waals surface area contributed by atoms with E-state index in [1.165, 1.54) is 31.2 Å². The molecule has 2 aromatic rings. The molecular weight excluding hydrogens is 387 g/mol. The average molecular weight is 410 g/mol. The smallest absolute Gasteiger partial charge is 0.183 e. The lowest BCUT2D eigenvalue weighted by molar-refractivity contribution is 0.101. The van der Waals surface area contributed by atoms with Crippen LogP contribution in [0, 0.1) is 5.82 Å². The fourth-order valence-corrected chi connectivity index (χ4v) is 4.24. The molecule has 0 aliphatic rings. The van der Waals surface area contributed by atoms with E-state index in [2.05, 4.69) is 0 Å². The van der Waals surface area contributed by atoms with Crippen LogP contribution in [-0.4, -0.2) is 42.9 Å². The second-order valence-electron chi connectivity index (χ2n) is 6.42. The van der Waals surface area contributed by atoms with E-state index in [9.17, 15) is 27.8 Å². The summed E-state index contributed by atoms with van der Waals surface area (Å²) in [4.78, 5) is 11.1. The predicted octanol–water partition coefficient (Wildman–Crippen LogP) is 2.90. The summed E-state index contributed by atoms with van der Waals surface area (Å²) >= 11 is 0. The Balaban J connectivity index is 2.14. The van der Waals surface area contributed by atoms with Crippen molar-refractivity contribution in [3.8, 4) is 11.5 Å². The first-order valence-corrected chi connectivity index (χ1v) is 10.5. The van der Waals surface area contributed by atoms with Gasteiger partial charge in [0.05, 0.1) is 11.3 Å². The van der Waals surface area contributed by atoms with E-state index < -0.39 is 32.4 Å². The molecule has 2 rings (SSSR count). The summed E-state index contributed by atoms with van der Waals surface area (Å²) in [6.07, 6.45) is -0.296. The minimum absolute atomic E-state index is 0.165. The van der Waals surface area contributed by atoms with Gasteiger partial charge in [-0.2, -0.15) is 0 Å². The van der Waals surface area contributed by atoms with E-state index in [-0.39, 0.29) is 29.5 Å². The summed E-state index contributed by atoms with van der Waals surface area (Å²) in [5, 5.41) is 20.4. The van der Waals surface area contributed by atoms with Gasteiger partial charge in [-0.3, -0.25) is 4.79 Å². The van der Waals surface area contributed by atoms with E-state index in [0.717, 1.165) is 12.1 Å². The molecule has 0 bridgehead atoms. The van der Waals surface area contributed by atoms with Gasteiger partial charge in [0.2, 0.25) is 0 Å². The molecule has 8 heteroatoms. The summed E-state index contributed by atoms with van der Waals surface area (Å²) in [6, 6.07) is 7.85. The summed E-state index contributed by atoms with van der Waals surface area (Å²) < 4.78 is 43.8. The number of rotatable bonds is 9. The molecule has 1 atom stereocenters. The van der Waals surface area contributed by atoms with Crippen LogP contribution in [0.4, 0.5) is 4.39 Å². The number of aromatic hydroxyl groups is 1. The van der Waals surface area contributed by atoms with Gasteiger partial charge in [-0.15, -0.1) is 0 Å². The van der Waals surface area contributed by atoms with Crippen molar-refractivity contribution in [1.82, 2.24) is 0 Å². The first kappa shape index (κ1) is 21.8. The molecule has 0 saturated carbocycles. The molecule has 0 saturated heterocycles. The number of ketones is 1. The molecule has 0 aliphatic heterocycles. The van der Waals surface area contributed by atoms with Gasteiger partial charge in [0.15, 0.2) is 15.6 Å². The molecule has 0 heterocycles. The van der Waals surface area contributed by atoms with E-state index in [4.69, 9.17) is 4.74 Å². The molecule has 0 aromatic heterocycles. The topological polar surface area (TPSA) is 101 Å². The van der Waals surface area contributed by atoms with Crippen molar-refractivity contribution in [2.75, 3.05) is 12.4 Å². The summed E-state index contributed by atoms with van der Waals surface area (Å²) in [5.41, 5.74) is 0.581. The second-order valence-corrected chi connectivity index (χ2v) is 8.42. The van der Waals surface area contributed by atoms with Gasteiger partial charge in [0.1, 0.15) is 34.9 Å². The molecule has 6 nitrogen and oxygen atoms in total. The van der Waals surface area contributed by atoms with Crippen molar-refractivity contribution in [2.45, 2.75) is 37.7 Å². The molecule has 0 amide bonds. The SMILES string of the molecule is CCCc1c(OCC(O)CS(=O)(=O)c2ccccc2F)ccc(C(C)=O)c1O. The summed E-state index contributed by atoms with van der Waals surface area (Å²) in [7, 11) is -4.04. The summed E-state index contributed by atoms with van der Waals surface area (Å²) in [6.45, 7) is 2.85. The number of hydrogen-bond acceptors (Lipinski definition) is 6. The van der Waals surface area contributed by atoms with Crippen molar-refractivity contribution in [2.24, 2.45) is 0 Å². The Morgan fingerprint density at radius 3 is 2.50 bits per heavy atom. The van der Waals surface area contributed by atoms with Gasteiger partial charge in [0.25, 0.3) is 0 Å². The zero-order valence-corrected chi connectivity index (χ0v) is 16.5. The van der Waals surface area contributed by atoms with Gasteiger partial charge < -0.3 is 14.9 Å². The normalized spacial score (nSPS) is 12.6. The van der Waals surface area contributed by atoms with Crippen molar-refractivity contribution >= 4 is 15.6 Å². The van der Waals surface area contributed by atoms with E-state index >= 15 is 0 Å². The maximum Gasteiger partial charge on any atom is 0.183 e. The van der Waals surface area contributed by atoms with Crippen molar-refractivity contribution in [3.05, 3.63) is 53.3 Å². The summed E-state index contributed by atoms with van der Waals surface area (Å²) in [5.74, 6) is -1.82. The molecule has 2 N–H and O–H groups in total. The standard InChI is InChI=1S/C20H23FO6S/c1-3-6-16-18(10-9-15(13(2)22)20(16)24)27-11-14(23)12-28(25,26)19-8-5-4-7-17(19)21/h4-5,7-10,14,23-24H,3,6,11-12H2,1-2H3. The second kappa shape index (κ2) is 9.16. The van der Waals surface area contributed by atoms with Crippen LogP contribution >= 0.6 is 0 Å². The number of phenols is 1. The van der Waals surface area contributed by atoms with Crippen molar-refractivity contribution < 1.29 is 32.6 Å². The lowest BCUT2D eigenvalue weighted by Crippen LogP contribution is -2.27. The van der Waals surface area contributed by atoms with Crippen LogP contribution in [0.5, 0.6) is 11.5 Å². The molecule has 0 spiro atoms. The van der Waals surface area contributed by atoms with E-state index in [0.29, 0.717) is 18.4 Å². The van der Waals surface area contributed by atoms with Crippen LogP contribution in [0.25, 0.3) is 0 Å². The number of Topliss-reactive ketones (excluding diaryl/α,β-unsaturated/α-hetero) is 1. The predicted molar refractivity (Wildman–Crippen MR) is 102 cm³/mol.